The molecule has 0 aromatic carbocycles. The minimum Gasteiger partial charge on any atom is -0.370 e. The van der Waals surface area contributed by atoms with E-state index in [4.69, 9.17) is 5.26 Å². The SMILES string of the molecule is N#Cc1ccc(NC[C@@H]2CCN(CC(=O)Nc3nncs3)C2)nc1. The second kappa shape index (κ2) is 7.81. The smallest absolute Gasteiger partial charge is 0.240 e. The summed E-state index contributed by atoms with van der Waals surface area (Å²) in [5, 5.41) is 22.8. The maximum Gasteiger partial charge on any atom is 0.240 e. The monoisotopic (exact) mass is 343 g/mol. The van der Waals surface area contributed by atoms with Gasteiger partial charge in [0.05, 0.1) is 12.1 Å². The molecule has 3 heterocycles. The highest BCUT2D eigenvalue weighted by Crippen LogP contribution is 2.17. The van der Waals surface area contributed by atoms with E-state index in [2.05, 4.69) is 30.7 Å². The third-order valence-electron chi connectivity index (χ3n) is 3.81. The van der Waals surface area contributed by atoms with Gasteiger partial charge in [-0.2, -0.15) is 5.26 Å². The molecule has 1 saturated heterocycles. The molecule has 2 aromatic rings. The van der Waals surface area contributed by atoms with Gasteiger partial charge in [0.15, 0.2) is 0 Å². The van der Waals surface area contributed by atoms with Crippen LogP contribution in [0.1, 0.15) is 12.0 Å². The molecule has 0 bridgehead atoms. The highest BCUT2D eigenvalue weighted by atomic mass is 32.1. The first-order valence-corrected chi connectivity index (χ1v) is 8.49. The largest absolute Gasteiger partial charge is 0.370 e. The van der Waals surface area contributed by atoms with Crippen LogP contribution in [0, 0.1) is 17.2 Å². The lowest BCUT2D eigenvalue weighted by Gasteiger charge is -2.15. The molecule has 1 fully saturated rings. The fourth-order valence-corrected chi connectivity index (χ4v) is 3.09. The average Bonchev–Trinajstić information content (AvgIpc) is 3.25. The van der Waals surface area contributed by atoms with Crippen molar-refractivity contribution in [1.82, 2.24) is 20.1 Å². The van der Waals surface area contributed by atoms with Crippen molar-refractivity contribution in [3.63, 3.8) is 0 Å². The minimum atomic E-state index is -0.0610. The summed E-state index contributed by atoms with van der Waals surface area (Å²) in [6.45, 7) is 2.93. The van der Waals surface area contributed by atoms with Crippen LogP contribution in [0.4, 0.5) is 10.9 Å². The molecule has 2 aromatic heterocycles. The van der Waals surface area contributed by atoms with Gasteiger partial charge in [0.25, 0.3) is 0 Å². The van der Waals surface area contributed by atoms with Crippen LogP contribution in [0.25, 0.3) is 0 Å². The zero-order valence-electron chi connectivity index (χ0n) is 13.0. The molecular weight excluding hydrogens is 326 g/mol. The van der Waals surface area contributed by atoms with Crippen molar-refractivity contribution >= 4 is 28.2 Å². The van der Waals surface area contributed by atoms with Gasteiger partial charge in [0.2, 0.25) is 11.0 Å². The number of carbonyl (C=O) groups excluding carboxylic acids is 1. The van der Waals surface area contributed by atoms with Crippen LogP contribution in [-0.2, 0) is 4.79 Å². The Morgan fingerprint density at radius 3 is 3.12 bits per heavy atom. The van der Waals surface area contributed by atoms with Crippen LogP contribution in [0.5, 0.6) is 0 Å². The molecule has 124 valence electrons. The summed E-state index contributed by atoms with van der Waals surface area (Å²) >= 11 is 1.31. The molecule has 1 atom stereocenters. The average molecular weight is 343 g/mol. The Balaban J connectivity index is 1.40. The van der Waals surface area contributed by atoms with E-state index in [9.17, 15) is 4.79 Å². The van der Waals surface area contributed by atoms with Crippen LogP contribution in [0.15, 0.2) is 23.8 Å². The maximum absolute atomic E-state index is 11.9. The summed E-state index contributed by atoms with van der Waals surface area (Å²) in [5.41, 5.74) is 2.14. The third kappa shape index (κ3) is 4.47. The van der Waals surface area contributed by atoms with Gasteiger partial charge in [-0.1, -0.05) is 11.3 Å². The normalized spacial score (nSPS) is 17.4. The van der Waals surface area contributed by atoms with Gasteiger partial charge in [-0.15, -0.1) is 10.2 Å². The van der Waals surface area contributed by atoms with E-state index >= 15 is 0 Å². The standard InChI is InChI=1S/C15H17N7OS/c16-5-11-1-2-13(17-6-11)18-7-12-3-4-22(8-12)9-14(23)20-15-21-19-10-24-15/h1-2,6,10,12H,3-4,7-9H2,(H,17,18)(H,20,21,23)/t12-/m0/s1. The van der Waals surface area contributed by atoms with Gasteiger partial charge in [-0.05, 0) is 31.0 Å². The Morgan fingerprint density at radius 2 is 2.42 bits per heavy atom. The summed E-state index contributed by atoms with van der Waals surface area (Å²) in [6, 6.07) is 5.60. The number of anilines is 2. The quantitative estimate of drug-likeness (QED) is 0.811. The molecule has 9 heteroatoms. The van der Waals surface area contributed by atoms with Crippen molar-refractivity contribution in [1.29, 1.82) is 5.26 Å². The van der Waals surface area contributed by atoms with Crippen LogP contribution in [0.3, 0.4) is 0 Å². The van der Waals surface area contributed by atoms with E-state index < -0.39 is 0 Å². The Hall–Kier alpha value is -2.57. The molecule has 1 amide bonds. The number of likely N-dealkylation sites (tertiary alicyclic amines) is 1. The lowest BCUT2D eigenvalue weighted by Crippen LogP contribution is -2.32. The van der Waals surface area contributed by atoms with Gasteiger partial charge in [-0.3, -0.25) is 15.0 Å². The number of hydrogen-bond donors (Lipinski definition) is 2. The lowest BCUT2D eigenvalue weighted by atomic mass is 10.1. The Kier molecular flexibility index (Phi) is 5.30. The van der Waals surface area contributed by atoms with E-state index in [1.807, 2.05) is 6.07 Å². The Bertz CT molecular complexity index is 710. The molecule has 2 N–H and O–H groups in total. The first-order chi connectivity index (χ1) is 11.7. The summed E-state index contributed by atoms with van der Waals surface area (Å²) in [5.74, 6) is 1.17. The number of hydrogen-bond acceptors (Lipinski definition) is 8. The second-order valence-electron chi connectivity index (χ2n) is 5.61. The number of rotatable bonds is 6. The van der Waals surface area contributed by atoms with Crippen molar-refractivity contribution in [3.05, 3.63) is 29.4 Å². The number of pyridine rings is 1. The van der Waals surface area contributed by atoms with Crippen LogP contribution in [0.2, 0.25) is 0 Å². The van der Waals surface area contributed by atoms with Gasteiger partial charge < -0.3 is 5.32 Å². The molecule has 1 aliphatic heterocycles. The van der Waals surface area contributed by atoms with Gasteiger partial charge in [0, 0.05) is 19.3 Å². The third-order valence-corrected chi connectivity index (χ3v) is 4.41. The van der Waals surface area contributed by atoms with E-state index in [1.54, 1.807) is 23.8 Å². The molecule has 0 aliphatic carbocycles. The van der Waals surface area contributed by atoms with Crippen molar-refractivity contribution in [3.8, 4) is 6.07 Å². The van der Waals surface area contributed by atoms with E-state index in [-0.39, 0.29) is 5.91 Å². The molecular formula is C15H17N7OS. The fraction of sp³-hybridized carbons (Fsp3) is 0.400. The molecule has 0 unspecified atom stereocenters. The lowest BCUT2D eigenvalue weighted by molar-refractivity contribution is -0.117. The second-order valence-corrected chi connectivity index (χ2v) is 6.44. The summed E-state index contributed by atoms with van der Waals surface area (Å²) < 4.78 is 0. The number of nitriles is 1. The van der Waals surface area contributed by atoms with Gasteiger partial charge >= 0.3 is 0 Å². The first kappa shape index (κ1) is 16.3. The molecule has 24 heavy (non-hydrogen) atoms. The molecule has 0 spiro atoms. The predicted octanol–water partition coefficient (Wildman–Crippen LogP) is 1.18. The Morgan fingerprint density at radius 1 is 1.50 bits per heavy atom. The van der Waals surface area contributed by atoms with Crippen LogP contribution in [-0.4, -0.2) is 52.2 Å². The Labute approximate surface area is 143 Å². The number of carbonyl (C=O) groups is 1. The first-order valence-electron chi connectivity index (χ1n) is 7.61. The number of aromatic nitrogens is 3. The number of nitrogens with one attached hydrogen (secondary N) is 2. The summed E-state index contributed by atoms with van der Waals surface area (Å²) in [4.78, 5) is 18.3. The topological polar surface area (TPSA) is 107 Å². The van der Waals surface area contributed by atoms with Crippen molar-refractivity contribution in [2.24, 2.45) is 5.92 Å². The highest BCUT2D eigenvalue weighted by molar-refractivity contribution is 7.13. The molecule has 1 aliphatic rings. The zero-order valence-corrected chi connectivity index (χ0v) is 13.8. The van der Waals surface area contributed by atoms with E-state index in [0.717, 1.165) is 31.9 Å². The predicted molar refractivity (Wildman–Crippen MR) is 90.5 cm³/mol. The molecule has 0 radical (unpaired) electrons. The maximum atomic E-state index is 11.9. The van der Waals surface area contributed by atoms with E-state index in [0.29, 0.717) is 23.2 Å². The number of amides is 1. The summed E-state index contributed by atoms with van der Waals surface area (Å²) in [6.07, 6.45) is 2.59. The van der Waals surface area contributed by atoms with Crippen molar-refractivity contribution < 1.29 is 4.79 Å². The molecule has 3 rings (SSSR count). The van der Waals surface area contributed by atoms with Gasteiger partial charge in [-0.25, -0.2) is 4.98 Å². The minimum absolute atomic E-state index is 0.0610. The summed E-state index contributed by atoms with van der Waals surface area (Å²) in [7, 11) is 0. The van der Waals surface area contributed by atoms with Gasteiger partial charge in [0.1, 0.15) is 17.4 Å². The molecule has 8 nitrogen and oxygen atoms in total. The number of nitrogens with zero attached hydrogens (tertiary/aromatic N) is 5. The van der Waals surface area contributed by atoms with Crippen LogP contribution >= 0.6 is 11.3 Å². The highest BCUT2D eigenvalue weighted by Gasteiger charge is 2.24. The van der Waals surface area contributed by atoms with E-state index in [1.165, 1.54) is 11.3 Å². The molecule has 0 saturated carbocycles. The fourth-order valence-electron chi connectivity index (χ4n) is 2.63. The van der Waals surface area contributed by atoms with Crippen molar-refractivity contribution in [2.75, 3.05) is 36.8 Å². The van der Waals surface area contributed by atoms with Crippen molar-refractivity contribution in [2.45, 2.75) is 6.42 Å². The zero-order chi connectivity index (χ0) is 16.8. The van der Waals surface area contributed by atoms with Crippen LogP contribution < -0.4 is 10.6 Å².